The number of hydrogen-bond donors (Lipinski definition) is 1. The van der Waals surface area contributed by atoms with Gasteiger partial charge in [0.25, 0.3) is 0 Å². The highest BCUT2D eigenvalue weighted by Crippen LogP contribution is 2.35. The van der Waals surface area contributed by atoms with E-state index in [4.69, 9.17) is 53.8 Å². The normalized spacial score (nSPS) is 12.1. The Morgan fingerprint density at radius 2 is 1.61 bits per heavy atom. The van der Waals surface area contributed by atoms with Crippen molar-refractivity contribution >= 4 is 34.8 Å². The minimum Gasteiger partial charge on any atom is -0.493 e. The number of nitrogens with one attached hydrogen (secondary N) is 1. The van der Waals surface area contributed by atoms with Crippen LogP contribution in [0.25, 0.3) is 0 Å². The zero-order valence-electron chi connectivity index (χ0n) is 16.7. The first-order chi connectivity index (χ1) is 15.0. The number of methoxy groups -OCH3 is 1. The van der Waals surface area contributed by atoms with Gasteiger partial charge in [0, 0.05) is 24.2 Å². The predicted octanol–water partition coefficient (Wildman–Crippen LogP) is 6.25. The summed E-state index contributed by atoms with van der Waals surface area (Å²) in [7, 11) is 1.60. The molecule has 0 saturated heterocycles. The molecule has 1 N–H and O–H groups in total. The van der Waals surface area contributed by atoms with E-state index in [0.29, 0.717) is 46.3 Å². The highest BCUT2D eigenvalue weighted by molar-refractivity contribution is 6.42. The van der Waals surface area contributed by atoms with Gasteiger partial charge in [-0.15, -0.1) is 0 Å². The first kappa shape index (κ1) is 21.9. The van der Waals surface area contributed by atoms with Crippen LogP contribution >= 0.6 is 34.8 Å². The molecule has 0 saturated carbocycles. The standard InChI is InChI=1S/C23H20Cl3NO4/c1-28-21-8-16(11-27-10-14-3-5-20-22(7-14)31-13-30-20)18(25)9-23(21)29-12-15-2-4-17(24)19(26)6-15/h2-9,27H,10-13H2,1H3. The Labute approximate surface area is 195 Å². The first-order valence-corrected chi connectivity index (χ1v) is 10.7. The zero-order chi connectivity index (χ0) is 21.8. The Morgan fingerprint density at radius 1 is 0.806 bits per heavy atom. The molecule has 4 rings (SSSR count). The van der Waals surface area contributed by atoms with Crippen LogP contribution in [-0.4, -0.2) is 13.9 Å². The van der Waals surface area contributed by atoms with Gasteiger partial charge in [-0.05, 0) is 47.0 Å². The summed E-state index contributed by atoms with van der Waals surface area (Å²) in [6, 6.07) is 14.9. The van der Waals surface area contributed by atoms with Crippen LogP contribution in [0.1, 0.15) is 16.7 Å². The number of rotatable bonds is 8. The second kappa shape index (κ2) is 9.88. The first-order valence-electron chi connectivity index (χ1n) is 9.56. The van der Waals surface area contributed by atoms with Crippen LogP contribution in [0.5, 0.6) is 23.0 Å². The molecule has 3 aromatic rings. The van der Waals surface area contributed by atoms with Gasteiger partial charge in [-0.25, -0.2) is 0 Å². The summed E-state index contributed by atoms with van der Waals surface area (Å²) in [5, 5.41) is 4.96. The fourth-order valence-corrected chi connectivity index (χ4v) is 3.71. The maximum absolute atomic E-state index is 6.49. The number of benzene rings is 3. The lowest BCUT2D eigenvalue weighted by Crippen LogP contribution is -2.13. The third kappa shape index (κ3) is 5.31. The summed E-state index contributed by atoms with van der Waals surface area (Å²) >= 11 is 18.5. The molecular formula is C23H20Cl3NO4. The third-order valence-electron chi connectivity index (χ3n) is 4.79. The number of hydrogen-bond acceptors (Lipinski definition) is 5. The van der Waals surface area contributed by atoms with Crippen molar-refractivity contribution < 1.29 is 18.9 Å². The van der Waals surface area contributed by atoms with Gasteiger partial charge in [-0.1, -0.05) is 46.9 Å². The van der Waals surface area contributed by atoms with Crippen LogP contribution in [0.3, 0.4) is 0 Å². The molecule has 5 nitrogen and oxygen atoms in total. The van der Waals surface area contributed by atoms with Gasteiger partial charge in [0.1, 0.15) is 6.61 Å². The van der Waals surface area contributed by atoms with Crippen molar-refractivity contribution in [3.05, 3.63) is 80.3 Å². The number of fused-ring (bicyclic) bond motifs is 1. The summed E-state index contributed by atoms with van der Waals surface area (Å²) in [6.07, 6.45) is 0. The number of ether oxygens (including phenoxy) is 4. The van der Waals surface area contributed by atoms with Crippen molar-refractivity contribution in [2.75, 3.05) is 13.9 Å². The maximum atomic E-state index is 6.49. The summed E-state index contributed by atoms with van der Waals surface area (Å²) in [6.45, 7) is 1.80. The van der Waals surface area contributed by atoms with Crippen LogP contribution in [0, 0.1) is 0 Å². The Morgan fingerprint density at radius 3 is 2.42 bits per heavy atom. The monoisotopic (exact) mass is 479 g/mol. The molecule has 0 spiro atoms. The molecule has 0 aromatic heterocycles. The van der Waals surface area contributed by atoms with E-state index < -0.39 is 0 Å². The lowest BCUT2D eigenvalue weighted by molar-refractivity contribution is 0.174. The molecule has 0 radical (unpaired) electrons. The van der Waals surface area contributed by atoms with Crippen LogP contribution in [0.4, 0.5) is 0 Å². The van der Waals surface area contributed by atoms with E-state index in [-0.39, 0.29) is 6.79 Å². The molecule has 8 heteroatoms. The molecule has 0 amide bonds. The molecule has 162 valence electrons. The zero-order valence-corrected chi connectivity index (χ0v) is 19.0. The highest BCUT2D eigenvalue weighted by Gasteiger charge is 2.14. The van der Waals surface area contributed by atoms with Crippen molar-refractivity contribution in [3.8, 4) is 23.0 Å². The van der Waals surface area contributed by atoms with Crippen molar-refractivity contribution in [1.29, 1.82) is 0 Å². The van der Waals surface area contributed by atoms with Gasteiger partial charge in [0.2, 0.25) is 6.79 Å². The van der Waals surface area contributed by atoms with Gasteiger partial charge in [-0.2, -0.15) is 0 Å². The second-order valence-electron chi connectivity index (χ2n) is 6.92. The maximum Gasteiger partial charge on any atom is 0.231 e. The molecule has 0 unspecified atom stereocenters. The summed E-state index contributed by atoms with van der Waals surface area (Å²) in [5.41, 5.74) is 2.89. The molecule has 0 aliphatic carbocycles. The van der Waals surface area contributed by atoms with Crippen molar-refractivity contribution in [3.63, 3.8) is 0 Å². The fourth-order valence-electron chi connectivity index (χ4n) is 3.17. The molecule has 0 atom stereocenters. The van der Waals surface area contributed by atoms with Crippen molar-refractivity contribution in [1.82, 2.24) is 5.32 Å². The molecular weight excluding hydrogens is 461 g/mol. The van der Waals surface area contributed by atoms with E-state index >= 15 is 0 Å². The minimum absolute atomic E-state index is 0.265. The average molecular weight is 481 g/mol. The van der Waals surface area contributed by atoms with Crippen LogP contribution in [0.2, 0.25) is 15.1 Å². The van der Waals surface area contributed by atoms with E-state index in [1.807, 2.05) is 30.3 Å². The van der Waals surface area contributed by atoms with Gasteiger partial charge in [-0.3, -0.25) is 0 Å². The molecule has 1 aliphatic heterocycles. The third-order valence-corrected chi connectivity index (χ3v) is 5.88. The SMILES string of the molecule is COc1cc(CNCc2ccc3c(c2)OCO3)c(Cl)cc1OCc1ccc(Cl)c(Cl)c1. The Bertz CT molecular complexity index is 1090. The highest BCUT2D eigenvalue weighted by atomic mass is 35.5. The Kier molecular flexibility index (Phi) is 6.98. The van der Waals surface area contributed by atoms with E-state index in [2.05, 4.69) is 5.32 Å². The Hall–Kier alpha value is -2.31. The van der Waals surface area contributed by atoms with Gasteiger partial charge in [0.05, 0.1) is 17.2 Å². The topological polar surface area (TPSA) is 49.0 Å². The van der Waals surface area contributed by atoms with E-state index in [1.165, 1.54) is 0 Å². The van der Waals surface area contributed by atoms with Crippen LogP contribution < -0.4 is 24.3 Å². The van der Waals surface area contributed by atoms with Gasteiger partial charge < -0.3 is 24.3 Å². The van der Waals surface area contributed by atoms with Gasteiger partial charge in [0.15, 0.2) is 23.0 Å². The van der Waals surface area contributed by atoms with Gasteiger partial charge >= 0.3 is 0 Å². The Balaban J connectivity index is 1.39. The fraction of sp³-hybridized carbons (Fsp3) is 0.217. The molecule has 3 aromatic carbocycles. The van der Waals surface area contributed by atoms with E-state index in [9.17, 15) is 0 Å². The lowest BCUT2D eigenvalue weighted by atomic mass is 10.1. The summed E-state index contributed by atoms with van der Waals surface area (Å²) in [5.74, 6) is 2.69. The molecule has 0 fully saturated rings. The number of halogens is 3. The van der Waals surface area contributed by atoms with Crippen molar-refractivity contribution in [2.24, 2.45) is 0 Å². The molecule has 31 heavy (non-hydrogen) atoms. The van der Waals surface area contributed by atoms with Crippen LogP contribution in [0.15, 0.2) is 48.5 Å². The smallest absolute Gasteiger partial charge is 0.231 e. The lowest BCUT2D eigenvalue weighted by Gasteiger charge is -2.15. The molecule has 1 aliphatic rings. The van der Waals surface area contributed by atoms with Crippen molar-refractivity contribution in [2.45, 2.75) is 19.7 Å². The average Bonchev–Trinajstić information content (AvgIpc) is 3.23. The van der Waals surface area contributed by atoms with E-state index in [1.54, 1.807) is 25.3 Å². The predicted molar refractivity (Wildman–Crippen MR) is 122 cm³/mol. The van der Waals surface area contributed by atoms with Crippen LogP contribution in [-0.2, 0) is 19.7 Å². The van der Waals surface area contributed by atoms with E-state index in [0.717, 1.165) is 28.2 Å². The minimum atomic E-state index is 0.265. The summed E-state index contributed by atoms with van der Waals surface area (Å²) < 4.78 is 22.2. The second-order valence-corrected chi connectivity index (χ2v) is 8.14. The summed E-state index contributed by atoms with van der Waals surface area (Å²) in [4.78, 5) is 0. The quantitative estimate of drug-likeness (QED) is 0.413. The largest absolute Gasteiger partial charge is 0.493 e. The molecule has 0 bridgehead atoms. The molecule has 1 heterocycles.